The number of carbonyl (C=O) groups excluding carboxylic acids is 1. The molecule has 2 aliphatic rings. The van der Waals surface area contributed by atoms with Gasteiger partial charge < -0.3 is 10.0 Å². The lowest BCUT2D eigenvalue weighted by atomic mass is 10.0. The molecular weight excluding hydrogens is 572 g/mol. The monoisotopic (exact) mass is 597 g/mol. The zero-order valence-electron chi connectivity index (χ0n) is 21.7. The topological polar surface area (TPSA) is 74.0 Å². The molecule has 0 spiro atoms. The summed E-state index contributed by atoms with van der Waals surface area (Å²) in [5.41, 5.74) is -1.95. The fraction of sp³-hybridized carbons (Fsp3) is 0.370. The van der Waals surface area contributed by atoms with E-state index in [1.807, 2.05) is 11.9 Å². The lowest BCUT2D eigenvalue weighted by Gasteiger charge is -2.39. The molecule has 0 saturated carbocycles. The number of aliphatic hydroxyl groups is 1. The first-order valence-corrected chi connectivity index (χ1v) is 13.5. The van der Waals surface area contributed by atoms with Crippen LogP contribution < -0.4 is 0 Å². The van der Waals surface area contributed by atoms with E-state index in [0.29, 0.717) is 52.1 Å². The van der Waals surface area contributed by atoms with Crippen molar-refractivity contribution >= 4 is 39.8 Å². The summed E-state index contributed by atoms with van der Waals surface area (Å²) in [6.45, 7) is 1.80. The molecule has 2 aromatic carbocycles. The third-order valence-electron chi connectivity index (χ3n) is 7.15. The number of hydrogen-bond acceptors (Lipinski definition) is 6. The highest BCUT2D eigenvalue weighted by Crippen LogP contribution is 2.38. The van der Waals surface area contributed by atoms with E-state index < -0.39 is 23.5 Å². The van der Waals surface area contributed by atoms with Crippen LogP contribution in [0, 0.1) is 0 Å². The summed E-state index contributed by atoms with van der Waals surface area (Å²) in [5.74, 6) is -0.375. The molecule has 7 nitrogen and oxygen atoms in total. The van der Waals surface area contributed by atoms with Crippen molar-refractivity contribution in [2.75, 3.05) is 33.3 Å². The van der Waals surface area contributed by atoms with E-state index >= 15 is 0 Å². The van der Waals surface area contributed by atoms with E-state index in [2.05, 4.69) is 15.0 Å². The average molecular weight is 598 g/mol. The van der Waals surface area contributed by atoms with E-state index in [9.17, 15) is 36.2 Å². The van der Waals surface area contributed by atoms with Gasteiger partial charge in [-0.25, -0.2) is 0 Å². The Balaban J connectivity index is 1.34. The summed E-state index contributed by atoms with van der Waals surface area (Å²) in [5, 5.41) is 14.7. The highest BCUT2D eigenvalue weighted by Gasteiger charge is 2.38. The van der Waals surface area contributed by atoms with Crippen LogP contribution in [0.25, 0.3) is 17.0 Å². The zero-order valence-corrected chi connectivity index (χ0v) is 22.5. The van der Waals surface area contributed by atoms with Gasteiger partial charge in [0.05, 0.1) is 34.3 Å². The number of piperazine rings is 1. The van der Waals surface area contributed by atoms with Gasteiger partial charge in [0, 0.05) is 37.7 Å². The number of alkyl halides is 6. The molecule has 1 amide bonds. The van der Waals surface area contributed by atoms with Crippen LogP contribution >= 0.6 is 11.8 Å². The molecule has 1 saturated heterocycles. The van der Waals surface area contributed by atoms with Crippen LogP contribution in [0.3, 0.4) is 0 Å². The maximum atomic E-state index is 13.6. The summed E-state index contributed by atoms with van der Waals surface area (Å²) < 4.78 is 81.2. The number of aliphatic hydroxyl groups excluding tert-OH is 1. The van der Waals surface area contributed by atoms with Crippen LogP contribution in [-0.2, 0) is 23.7 Å². The third kappa shape index (κ3) is 6.28. The first-order valence-electron chi connectivity index (χ1n) is 12.6. The molecule has 1 fully saturated rings. The van der Waals surface area contributed by atoms with Gasteiger partial charge in [-0.05, 0) is 66.7 Å². The number of amidine groups is 1. The largest absolute Gasteiger partial charge is 0.416 e. The molecule has 0 radical (unpaired) electrons. The van der Waals surface area contributed by atoms with Gasteiger partial charge in [0.2, 0.25) is 0 Å². The first-order chi connectivity index (χ1) is 19.3. The normalized spacial score (nSPS) is 20.0. The molecule has 14 heteroatoms. The molecule has 218 valence electrons. The SMILES string of the molecule is CN1CCN(C2=NC(=O)C(=Cc3ccc4c(cnn4Cc4ccc(C(F)(F)F)cc4C(F)(F)F)c3)S2)CC1CCO. The van der Waals surface area contributed by atoms with E-state index in [1.165, 1.54) is 22.6 Å². The molecule has 0 aliphatic carbocycles. The van der Waals surface area contributed by atoms with Crippen LogP contribution in [0.1, 0.15) is 28.7 Å². The number of aromatic nitrogens is 2. The molecule has 1 aromatic heterocycles. The van der Waals surface area contributed by atoms with Crippen LogP contribution in [0.2, 0.25) is 0 Å². The minimum atomic E-state index is -4.98. The van der Waals surface area contributed by atoms with Crippen molar-refractivity contribution < 1.29 is 36.2 Å². The fourth-order valence-electron chi connectivity index (χ4n) is 4.90. The van der Waals surface area contributed by atoms with Crippen molar-refractivity contribution in [1.29, 1.82) is 0 Å². The number of thioether (sulfide) groups is 1. The summed E-state index contributed by atoms with van der Waals surface area (Å²) in [6, 6.07) is 6.76. The second-order valence-corrected chi connectivity index (χ2v) is 10.9. The third-order valence-corrected chi connectivity index (χ3v) is 8.19. The van der Waals surface area contributed by atoms with Gasteiger partial charge in [-0.2, -0.15) is 36.4 Å². The second kappa shape index (κ2) is 11.1. The average Bonchev–Trinajstić information content (AvgIpc) is 3.47. The summed E-state index contributed by atoms with van der Waals surface area (Å²) in [7, 11) is 1.99. The van der Waals surface area contributed by atoms with Crippen molar-refractivity contribution in [1.82, 2.24) is 19.6 Å². The minimum absolute atomic E-state index is 0.0689. The number of carbonyl (C=O) groups is 1. The van der Waals surface area contributed by atoms with Gasteiger partial charge in [0.1, 0.15) is 0 Å². The van der Waals surface area contributed by atoms with E-state index in [1.54, 1.807) is 24.3 Å². The number of benzene rings is 2. The van der Waals surface area contributed by atoms with Crippen LogP contribution in [0.15, 0.2) is 52.5 Å². The molecule has 1 atom stereocenters. The number of halogens is 6. The second-order valence-electron chi connectivity index (χ2n) is 9.89. The standard InChI is InChI=1S/C27H25F6N5O2S/c1-36-7-8-37(15-20(36)6-9-39)25-35-24(40)23(41-25)11-16-2-5-22-18(10-16)13-34-38(22)14-17-3-4-19(26(28,29)30)12-21(17)27(31,32)33/h2-5,10-13,20,39H,6-9,14-15H2,1H3. The Bertz CT molecular complexity index is 1530. The van der Waals surface area contributed by atoms with E-state index in [0.717, 1.165) is 12.6 Å². The molecule has 1 unspecified atom stereocenters. The van der Waals surface area contributed by atoms with Crippen molar-refractivity contribution in [3.8, 4) is 0 Å². The van der Waals surface area contributed by atoms with Gasteiger partial charge >= 0.3 is 12.4 Å². The molecule has 1 N–H and O–H groups in total. The number of rotatable bonds is 5. The van der Waals surface area contributed by atoms with E-state index in [4.69, 9.17) is 0 Å². The Morgan fingerprint density at radius 2 is 1.85 bits per heavy atom. The van der Waals surface area contributed by atoms with Gasteiger partial charge in [-0.1, -0.05) is 12.1 Å². The zero-order chi connectivity index (χ0) is 29.5. The van der Waals surface area contributed by atoms with Crippen molar-refractivity contribution in [3.05, 3.63) is 69.8 Å². The highest BCUT2D eigenvalue weighted by atomic mass is 32.2. The molecule has 3 aromatic rings. The summed E-state index contributed by atoms with van der Waals surface area (Å²) in [4.78, 5) is 21.5. The van der Waals surface area contributed by atoms with Crippen molar-refractivity contribution in [3.63, 3.8) is 0 Å². The Kier molecular flexibility index (Phi) is 7.92. The summed E-state index contributed by atoms with van der Waals surface area (Å²) in [6.07, 6.45) is -6.13. The van der Waals surface area contributed by atoms with Crippen molar-refractivity contribution in [2.45, 2.75) is 31.4 Å². The predicted octanol–water partition coefficient (Wildman–Crippen LogP) is 5.09. The van der Waals surface area contributed by atoms with Gasteiger partial charge in [-0.3, -0.25) is 14.4 Å². The maximum absolute atomic E-state index is 13.6. The molecule has 5 rings (SSSR count). The highest BCUT2D eigenvalue weighted by molar-refractivity contribution is 8.18. The Morgan fingerprint density at radius 1 is 1.07 bits per heavy atom. The molecule has 2 aliphatic heterocycles. The smallest absolute Gasteiger partial charge is 0.396 e. The quantitative estimate of drug-likeness (QED) is 0.327. The Labute approximate surface area is 235 Å². The molecule has 41 heavy (non-hydrogen) atoms. The maximum Gasteiger partial charge on any atom is 0.416 e. The van der Waals surface area contributed by atoms with Gasteiger partial charge in [0.25, 0.3) is 5.91 Å². The minimum Gasteiger partial charge on any atom is -0.396 e. The lowest BCUT2D eigenvalue weighted by molar-refractivity contribution is -0.143. The number of amides is 1. The lowest BCUT2D eigenvalue weighted by Crippen LogP contribution is -2.52. The first kappa shape index (κ1) is 29.1. The number of fused-ring (bicyclic) bond motifs is 1. The molecular formula is C27H25F6N5O2S. The van der Waals surface area contributed by atoms with Crippen LogP contribution in [0.4, 0.5) is 26.3 Å². The van der Waals surface area contributed by atoms with E-state index in [-0.39, 0.29) is 36.7 Å². The fourth-order valence-corrected chi connectivity index (χ4v) is 5.85. The molecule has 0 bridgehead atoms. The molecule has 3 heterocycles. The number of hydrogen-bond donors (Lipinski definition) is 1. The predicted molar refractivity (Wildman–Crippen MR) is 143 cm³/mol. The Morgan fingerprint density at radius 3 is 2.56 bits per heavy atom. The number of aliphatic imine (C=N–C) groups is 1. The summed E-state index contributed by atoms with van der Waals surface area (Å²) >= 11 is 1.26. The van der Waals surface area contributed by atoms with Crippen molar-refractivity contribution in [2.24, 2.45) is 4.99 Å². The van der Waals surface area contributed by atoms with Crippen LogP contribution in [0.5, 0.6) is 0 Å². The Hall–Kier alpha value is -3.36. The number of nitrogens with zero attached hydrogens (tertiary/aromatic N) is 5. The number of likely N-dealkylation sites (N-methyl/N-ethyl adjacent to an activating group) is 1. The van der Waals surface area contributed by atoms with Crippen LogP contribution in [-0.4, -0.2) is 75.1 Å². The van der Waals surface area contributed by atoms with Gasteiger partial charge in [0.15, 0.2) is 5.17 Å². The van der Waals surface area contributed by atoms with Gasteiger partial charge in [-0.15, -0.1) is 0 Å².